The number of allylic oxidation sites excluding steroid dienone is 1. The Labute approximate surface area is 132 Å². The molecule has 2 heteroatoms. The second-order valence-electron chi connectivity index (χ2n) is 5.83. The lowest BCUT2D eigenvalue weighted by atomic mass is 10.1. The molecule has 0 spiro atoms. The fourth-order valence-electron chi connectivity index (χ4n) is 3.20. The molecule has 0 N–H and O–H groups in total. The minimum Gasteiger partial charge on any atom is -0.497 e. The first-order chi connectivity index (χ1) is 10.2. The molecule has 0 atom stereocenters. The van der Waals surface area contributed by atoms with E-state index in [4.69, 9.17) is 4.74 Å². The van der Waals surface area contributed by atoms with Gasteiger partial charge in [0.25, 0.3) is 0 Å². The molecule has 1 rings (SSSR count). The summed E-state index contributed by atoms with van der Waals surface area (Å²) in [6, 6.07) is 12.6. The summed E-state index contributed by atoms with van der Waals surface area (Å²) in [5, 5.41) is 1.65. The summed E-state index contributed by atoms with van der Waals surface area (Å²) in [4.78, 5) is 0. The van der Waals surface area contributed by atoms with E-state index in [2.05, 4.69) is 52.0 Å². The number of hydrogen-bond donors (Lipinski definition) is 0. The number of unbranched alkanes of at least 4 members (excludes halogenated alkanes) is 2. The molecule has 118 valence electrons. The molecule has 0 amide bonds. The van der Waals surface area contributed by atoms with Crippen LogP contribution in [0.4, 0.5) is 0 Å². The topological polar surface area (TPSA) is 9.23 Å². The highest BCUT2D eigenvalue weighted by Gasteiger charge is 2.32. The van der Waals surface area contributed by atoms with E-state index in [-0.39, 0.29) is 0 Å². The molecule has 0 saturated carbocycles. The molecule has 0 unspecified atom stereocenters. The number of ether oxygens (including phenoxy) is 1. The number of hydrogen-bond acceptors (Lipinski definition) is 1. The lowest BCUT2D eigenvalue weighted by Gasteiger charge is -2.32. The lowest BCUT2D eigenvalue weighted by molar-refractivity contribution is 0.414. The van der Waals surface area contributed by atoms with Crippen molar-refractivity contribution >= 4 is 13.3 Å². The second kappa shape index (κ2) is 9.09. The predicted octanol–water partition coefficient (Wildman–Crippen LogP) is 6.32. The highest BCUT2D eigenvalue weighted by atomic mass is 28.3. The molecule has 0 bridgehead atoms. The van der Waals surface area contributed by atoms with Crippen LogP contribution in [0.1, 0.15) is 52.5 Å². The van der Waals surface area contributed by atoms with Gasteiger partial charge in [-0.3, -0.25) is 0 Å². The minimum atomic E-state index is -1.37. The van der Waals surface area contributed by atoms with Crippen molar-refractivity contribution in [2.45, 2.75) is 65.1 Å². The average Bonchev–Trinajstić information content (AvgIpc) is 2.55. The van der Waals surface area contributed by atoms with Crippen LogP contribution in [-0.4, -0.2) is 15.2 Å². The maximum atomic E-state index is 5.43. The van der Waals surface area contributed by atoms with Crippen molar-refractivity contribution in [3.05, 3.63) is 35.9 Å². The van der Waals surface area contributed by atoms with Crippen molar-refractivity contribution < 1.29 is 4.74 Å². The van der Waals surface area contributed by atoms with E-state index in [1.807, 2.05) is 6.07 Å². The van der Waals surface area contributed by atoms with Crippen LogP contribution >= 0.6 is 0 Å². The van der Waals surface area contributed by atoms with E-state index in [0.717, 1.165) is 5.75 Å². The van der Waals surface area contributed by atoms with E-state index in [1.54, 1.807) is 12.3 Å². The fourth-order valence-corrected chi connectivity index (χ4v) is 7.19. The quantitative estimate of drug-likeness (QED) is 0.383. The molecule has 1 nitrogen and oxygen atoms in total. The van der Waals surface area contributed by atoms with E-state index in [0.29, 0.717) is 0 Å². The van der Waals surface area contributed by atoms with Gasteiger partial charge in [0.05, 0.1) is 15.2 Å². The van der Waals surface area contributed by atoms with Gasteiger partial charge in [0.2, 0.25) is 0 Å². The fraction of sp³-hybridized carbons (Fsp3) is 0.579. The Bertz CT molecular complexity index is 438. The Balaban J connectivity index is 3.26. The predicted molar refractivity (Wildman–Crippen MR) is 97.7 cm³/mol. The van der Waals surface area contributed by atoms with Crippen molar-refractivity contribution in [3.8, 4) is 5.75 Å². The zero-order valence-corrected chi connectivity index (χ0v) is 15.5. The largest absolute Gasteiger partial charge is 0.497 e. The Morgan fingerprint density at radius 1 is 1.10 bits per heavy atom. The van der Waals surface area contributed by atoms with E-state index in [9.17, 15) is 0 Å². The van der Waals surface area contributed by atoms with Gasteiger partial charge >= 0.3 is 0 Å². The molecule has 0 aliphatic rings. The Kier molecular flexibility index (Phi) is 7.80. The monoisotopic (exact) mass is 304 g/mol. The first kappa shape index (κ1) is 18.0. The molecule has 0 saturated heterocycles. The molecule has 0 radical (unpaired) electrons. The van der Waals surface area contributed by atoms with E-state index >= 15 is 0 Å². The van der Waals surface area contributed by atoms with Crippen LogP contribution in [0, 0.1) is 0 Å². The van der Waals surface area contributed by atoms with Crippen LogP contribution in [0.5, 0.6) is 5.75 Å². The van der Waals surface area contributed by atoms with Crippen molar-refractivity contribution in [2.75, 3.05) is 7.11 Å². The summed E-state index contributed by atoms with van der Waals surface area (Å²) in [5.74, 6) is 0.972. The van der Waals surface area contributed by atoms with Gasteiger partial charge in [-0.25, -0.2) is 0 Å². The maximum absolute atomic E-state index is 5.43. The SMILES string of the molecule is CCCC/C=C(/c1cccc(OC)c1)[Si](CC)(CC)CC. The number of rotatable bonds is 9. The number of benzene rings is 1. The average molecular weight is 305 g/mol. The number of methoxy groups -OCH3 is 1. The van der Waals surface area contributed by atoms with Gasteiger partial charge < -0.3 is 4.74 Å². The minimum absolute atomic E-state index is 0.972. The highest BCUT2D eigenvalue weighted by Crippen LogP contribution is 2.37. The summed E-state index contributed by atoms with van der Waals surface area (Å²) in [6.45, 7) is 9.41. The summed E-state index contributed by atoms with van der Waals surface area (Å²) in [5.41, 5.74) is 1.39. The first-order valence-electron chi connectivity index (χ1n) is 8.52. The van der Waals surface area contributed by atoms with Crippen LogP contribution in [0.2, 0.25) is 18.1 Å². The van der Waals surface area contributed by atoms with Crippen molar-refractivity contribution in [1.82, 2.24) is 0 Å². The Hall–Kier alpha value is -1.02. The third-order valence-corrected chi connectivity index (χ3v) is 10.6. The van der Waals surface area contributed by atoms with Gasteiger partial charge in [0.1, 0.15) is 5.75 Å². The van der Waals surface area contributed by atoms with E-state index < -0.39 is 8.07 Å². The van der Waals surface area contributed by atoms with E-state index in [1.165, 1.54) is 43.0 Å². The van der Waals surface area contributed by atoms with Crippen LogP contribution in [0.3, 0.4) is 0 Å². The van der Waals surface area contributed by atoms with Crippen molar-refractivity contribution in [3.63, 3.8) is 0 Å². The van der Waals surface area contributed by atoms with Crippen LogP contribution in [0.25, 0.3) is 5.20 Å². The highest BCUT2D eigenvalue weighted by molar-refractivity contribution is 6.96. The molecule has 0 aromatic heterocycles. The lowest BCUT2D eigenvalue weighted by Crippen LogP contribution is -2.33. The summed E-state index contributed by atoms with van der Waals surface area (Å²) in [6.07, 6.45) is 6.30. The van der Waals surface area contributed by atoms with Gasteiger partial charge in [0.15, 0.2) is 0 Å². The van der Waals surface area contributed by atoms with Gasteiger partial charge in [-0.2, -0.15) is 0 Å². The molecular weight excluding hydrogens is 272 g/mol. The normalized spacial score (nSPS) is 12.5. The second-order valence-corrected chi connectivity index (χ2v) is 11.1. The van der Waals surface area contributed by atoms with Gasteiger partial charge in [-0.05, 0) is 24.1 Å². The summed E-state index contributed by atoms with van der Waals surface area (Å²) in [7, 11) is 0.386. The van der Waals surface area contributed by atoms with Gasteiger partial charge in [-0.15, -0.1) is 0 Å². The molecule has 0 heterocycles. The van der Waals surface area contributed by atoms with Gasteiger partial charge in [-0.1, -0.05) is 82.1 Å². The summed E-state index contributed by atoms with van der Waals surface area (Å²) < 4.78 is 5.43. The Morgan fingerprint density at radius 3 is 2.29 bits per heavy atom. The Morgan fingerprint density at radius 2 is 1.76 bits per heavy atom. The van der Waals surface area contributed by atoms with Crippen LogP contribution < -0.4 is 4.74 Å². The standard InChI is InChI=1S/C19H32OSi/c1-6-10-11-15-19(21(7-2,8-3)9-4)17-13-12-14-18(16-17)20-5/h12-16H,6-11H2,1-5H3/b19-15-. The zero-order valence-electron chi connectivity index (χ0n) is 14.5. The molecule has 0 fully saturated rings. The molecule has 0 aliphatic heterocycles. The van der Waals surface area contributed by atoms with Gasteiger partial charge in [0, 0.05) is 0 Å². The third kappa shape index (κ3) is 4.47. The molecule has 21 heavy (non-hydrogen) atoms. The maximum Gasteiger partial charge on any atom is 0.119 e. The van der Waals surface area contributed by atoms with Crippen molar-refractivity contribution in [2.24, 2.45) is 0 Å². The molecule has 0 aliphatic carbocycles. The smallest absolute Gasteiger partial charge is 0.119 e. The third-order valence-electron chi connectivity index (χ3n) is 4.89. The van der Waals surface area contributed by atoms with Crippen LogP contribution in [0.15, 0.2) is 30.3 Å². The van der Waals surface area contributed by atoms with Crippen molar-refractivity contribution in [1.29, 1.82) is 0 Å². The summed E-state index contributed by atoms with van der Waals surface area (Å²) >= 11 is 0. The van der Waals surface area contributed by atoms with Crippen LogP contribution in [-0.2, 0) is 0 Å². The first-order valence-corrected chi connectivity index (χ1v) is 11.1. The molecule has 1 aromatic carbocycles. The zero-order chi connectivity index (χ0) is 15.7. The molecule has 1 aromatic rings. The molecular formula is C19H32OSi.